The number of benzene rings is 2. The maximum atomic E-state index is 14.5. The summed E-state index contributed by atoms with van der Waals surface area (Å²) in [6.07, 6.45) is 6.44. The minimum atomic E-state index is -1.09. The summed E-state index contributed by atoms with van der Waals surface area (Å²) in [5.74, 6) is -0.608. The van der Waals surface area contributed by atoms with Crippen LogP contribution in [0.3, 0.4) is 0 Å². The largest absolute Gasteiger partial charge is 0.342 e. The molecule has 2 atom stereocenters. The first-order valence-corrected chi connectivity index (χ1v) is 10.8. The second-order valence-corrected chi connectivity index (χ2v) is 8.68. The Kier molecular flexibility index (Phi) is 5.17. The van der Waals surface area contributed by atoms with Crippen molar-refractivity contribution in [3.63, 3.8) is 0 Å². The Labute approximate surface area is 189 Å². The topological polar surface area (TPSA) is 49.9 Å². The molecule has 3 heterocycles. The molecule has 170 valence electrons. The molecule has 3 aliphatic heterocycles. The number of hydrogen-bond donors (Lipinski definition) is 0. The summed E-state index contributed by atoms with van der Waals surface area (Å²) in [6.45, 7) is 0.425. The number of rotatable bonds is 2. The van der Waals surface area contributed by atoms with Crippen LogP contribution in [0.15, 0.2) is 36.4 Å². The number of carbonyl (C=O) groups is 2. The number of piperidine rings is 1. The summed E-state index contributed by atoms with van der Waals surface area (Å²) < 4.78 is 48.2. The maximum absolute atomic E-state index is 14.5. The van der Waals surface area contributed by atoms with Gasteiger partial charge < -0.3 is 14.5 Å². The molecule has 0 radical (unpaired) electrons. The molecule has 3 fully saturated rings. The summed E-state index contributed by atoms with van der Waals surface area (Å²) >= 11 is 0. The Balaban J connectivity index is 1.32. The molecule has 3 aliphatic rings. The van der Waals surface area contributed by atoms with E-state index in [1.54, 1.807) is 4.90 Å². The lowest BCUT2D eigenvalue weighted by Crippen LogP contribution is -2.51. The van der Waals surface area contributed by atoms with Crippen LogP contribution in [-0.4, -0.2) is 46.5 Å². The Bertz CT molecular complexity index is 1160. The second-order valence-electron chi connectivity index (χ2n) is 8.68. The van der Waals surface area contributed by atoms with Crippen LogP contribution < -0.4 is 0 Å². The zero-order valence-electron chi connectivity index (χ0n) is 17.7. The smallest absolute Gasteiger partial charge is 0.257 e. The van der Waals surface area contributed by atoms with Gasteiger partial charge >= 0.3 is 0 Å². The molecule has 2 amide bonds. The van der Waals surface area contributed by atoms with Crippen molar-refractivity contribution in [2.75, 3.05) is 13.1 Å². The van der Waals surface area contributed by atoms with Gasteiger partial charge in [0.25, 0.3) is 11.8 Å². The van der Waals surface area contributed by atoms with E-state index in [9.17, 15) is 22.8 Å². The van der Waals surface area contributed by atoms with Gasteiger partial charge in [-0.1, -0.05) is 12.0 Å². The van der Waals surface area contributed by atoms with Gasteiger partial charge in [0.05, 0.1) is 17.2 Å². The normalized spacial score (nSPS) is 23.6. The van der Waals surface area contributed by atoms with Gasteiger partial charge in [-0.25, -0.2) is 13.2 Å². The molecule has 1 spiro atoms. The highest BCUT2D eigenvalue weighted by Crippen LogP contribution is 2.47. The van der Waals surface area contributed by atoms with Gasteiger partial charge in [-0.15, -0.1) is 6.42 Å². The molecule has 0 bridgehead atoms. The lowest BCUT2D eigenvalue weighted by molar-refractivity contribution is -0.142. The number of nitrogens with zero attached hydrogens (tertiary/aromatic N) is 2. The van der Waals surface area contributed by atoms with Crippen molar-refractivity contribution >= 4 is 11.8 Å². The predicted molar refractivity (Wildman–Crippen MR) is 112 cm³/mol. The van der Waals surface area contributed by atoms with Gasteiger partial charge in [-0.3, -0.25) is 9.59 Å². The van der Waals surface area contributed by atoms with E-state index in [1.165, 1.54) is 35.2 Å². The number of halogens is 3. The Hall–Kier alpha value is -3.31. The highest BCUT2D eigenvalue weighted by Gasteiger charge is 2.58. The first-order valence-electron chi connectivity index (χ1n) is 10.8. The highest BCUT2D eigenvalue weighted by atomic mass is 19.1. The van der Waals surface area contributed by atoms with Crippen molar-refractivity contribution in [2.45, 2.75) is 43.6 Å². The summed E-state index contributed by atoms with van der Waals surface area (Å²) in [4.78, 5) is 29.4. The number of hydrogen-bond acceptors (Lipinski definition) is 3. The van der Waals surface area contributed by atoms with Gasteiger partial charge in [0.2, 0.25) is 0 Å². The average Bonchev–Trinajstić information content (AvgIpc) is 3.31. The molecule has 5 nitrogen and oxygen atoms in total. The molecule has 3 saturated heterocycles. The van der Waals surface area contributed by atoms with Crippen molar-refractivity contribution in [2.24, 2.45) is 0 Å². The average molecular weight is 454 g/mol. The Morgan fingerprint density at radius 3 is 2.45 bits per heavy atom. The summed E-state index contributed by atoms with van der Waals surface area (Å²) in [7, 11) is 0. The van der Waals surface area contributed by atoms with Crippen LogP contribution >= 0.6 is 0 Å². The van der Waals surface area contributed by atoms with Crippen LogP contribution in [0.25, 0.3) is 0 Å². The third kappa shape index (κ3) is 3.47. The zero-order valence-corrected chi connectivity index (χ0v) is 17.7. The second kappa shape index (κ2) is 7.92. The van der Waals surface area contributed by atoms with Crippen molar-refractivity contribution < 1.29 is 27.5 Å². The van der Waals surface area contributed by atoms with Crippen LogP contribution in [0.2, 0.25) is 0 Å². The monoisotopic (exact) mass is 454 g/mol. The van der Waals surface area contributed by atoms with E-state index in [4.69, 9.17) is 11.2 Å². The van der Waals surface area contributed by atoms with Crippen LogP contribution in [-0.2, 0) is 9.53 Å². The van der Waals surface area contributed by atoms with Crippen LogP contribution in [0.4, 0.5) is 13.2 Å². The molecule has 8 heteroatoms. The van der Waals surface area contributed by atoms with E-state index in [1.807, 2.05) is 0 Å². The number of terminal acetylenes is 1. The summed E-state index contributed by atoms with van der Waals surface area (Å²) in [6, 6.07) is 7.17. The third-order valence-corrected chi connectivity index (χ3v) is 6.83. The number of ether oxygens (including phenoxy) is 1. The quantitative estimate of drug-likeness (QED) is 0.649. The third-order valence-electron chi connectivity index (χ3n) is 6.83. The van der Waals surface area contributed by atoms with Gasteiger partial charge in [0.15, 0.2) is 11.4 Å². The van der Waals surface area contributed by atoms with Crippen molar-refractivity contribution in [3.05, 3.63) is 70.5 Å². The minimum Gasteiger partial charge on any atom is -0.342 e. The van der Waals surface area contributed by atoms with Crippen LogP contribution in [0, 0.1) is 29.8 Å². The molecule has 2 aromatic rings. The lowest BCUT2D eigenvalue weighted by atomic mass is 9.89. The molecule has 0 N–H and O–H groups in total. The van der Waals surface area contributed by atoms with E-state index in [0.717, 1.165) is 6.07 Å². The molecule has 0 unspecified atom stereocenters. The van der Waals surface area contributed by atoms with Crippen molar-refractivity contribution in [3.8, 4) is 12.3 Å². The predicted octanol–water partition coefficient (Wildman–Crippen LogP) is 3.78. The number of likely N-dealkylation sites (tertiary alicyclic amines) is 1. The first-order chi connectivity index (χ1) is 15.8. The fourth-order valence-electron chi connectivity index (χ4n) is 5.19. The molecule has 33 heavy (non-hydrogen) atoms. The minimum absolute atomic E-state index is 0.0177. The fraction of sp³-hybridized carbons (Fsp3) is 0.360. The maximum Gasteiger partial charge on any atom is 0.257 e. The molecular formula is C25H21F3N2O3. The number of fused-ring (bicyclic) bond motifs is 1. The highest BCUT2D eigenvalue weighted by molar-refractivity contribution is 5.95. The van der Waals surface area contributed by atoms with Crippen molar-refractivity contribution in [1.29, 1.82) is 0 Å². The van der Waals surface area contributed by atoms with Gasteiger partial charge in [0, 0.05) is 32.0 Å². The standard InChI is InChI=1S/C25H21F3N2O3/c1-2-15-4-3-5-19(22(15)28)23(31)29-10-8-25(9-11-29)24(32)30-20(6-7-21(30)33-25)16-12-17(26)14-18(27)13-16/h1,3-5,12-14,20-21H,6-11H2/t20-,21+/m0/s1. The molecule has 0 aromatic heterocycles. The van der Waals surface area contributed by atoms with Gasteiger partial charge in [-0.2, -0.15) is 0 Å². The van der Waals surface area contributed by atoms with Crippen LogP contribution in [0.5, 0.6) is 0 Å². The summed E-state index contributed by atoms with van der Waals surface area (Å²) in [5.41, 5.74) is -0.774. The van der Waals surface area contributed by atoms with Crippen LogP contribution in [0.1, 0.15) is 53.2 Å². The van der Waals surface area contributed by atoms with E-state index < -0.39 is 41.2 Å². The summed E-state index contributed by atoms with van der Waals surface area (Å²) in [5, 5.41) is 0. The molecule has 0 saturated carbocycles. The first kappa shape index (κ1) is 21.5. The molecule has 2 aromatic carbocycles. The zero-order chi connectivity index (χ0) is 23.3. The van der Waals surface area contributed by atoms with E-state index in [2.05, 4.69) is 5.92 Å². The molecule has 0 aliphatic carbocycles. The Morgan fingerprint density at radius 1 is 1.09 bits per heavy atom. The lowest BCUT2D eigenvalue weighted by Gasteiger charge is -2.37. The van der Waals surface area contributed by atoms with Crippen molar-refractivity contribution in [1.82, 2.24) is 9.80 Å². The molecular weight excluding hydrogens is 433 g/mol. The SMILES string of the molecule is C#Cc1cccc(C(=O)N2CCC3(CC2)O[C@@H]2CC[C@@H](c4cc(F)cc(F)c4)N2C3=O)c1F. The van der Waals surface area contributed by atoms with Gasteiger partial charge in [-0.05, 0) is 42.7 Å². The Morgan fingerprint density at radius 2 is 1.79 bits per heavy atom. The van der Waals surface area contributed by atoms with E-state index in [-0.39, 0.29) is 43.0 Å². The van der Waals surface area contributed by atoms with E-state index in [0.29, 0.717) is 18.4 Å². The number of carbonyl (C=O) groups excluding carboxylic acids is 2. The van der Waals surface area contributed by atoms with Gasteiger partial charge in [0.1, 0.15) is 17.9 Å². The molecule has 5 rings (SSSR count). The fourth-order valence-corrected chi connectivity index (χ4v) is 5.19. The number of amides is 2. The van der Waals surface area contributed by atoms with E-state index >= 15 is 0 Å².